The molecule has 0 atom stereocenters. The first-order valence-corrected chi connectivity index (χ1v) is 6.20. The smallest absolute Gasteiger partial charge is 0.258 e. The van der Waals surface area contributed by atoms with Crippen LogP contribution in [0.2, 0.25) is 0 Å². The molecule has 3 aromatic heterocycles. The quantitative estimate of drug-likeness (QED) is 0.761. The largest absolute Gasteiger partial charge is 0.290 e. The summed E-state index contributed by atoms with van der Waals surface area (Å²) in [5.74, 6) is 0.635. The summed E-state index contributed by atoms with van der Waals surface area (Å²) in [7, 11) is 0. The summed E-state index contributed by atoms with van der Waals surface area (Å²) in [6, 6.07) is 3.59. The third-order valence-electron chi connectivity index (χ3n) is 2.43. The molecular formula is C11H9N5OS. The molecule has 0 aliphatic heterocycles. The molecule has 0 saturated heterocycles. The Morgan fingerprint density at radius 2 is 2.28 bits per heavy atom. The first kappa shape index (κ1) is 10.8. The molecule has 6 nitrogen and oxygen atoms in total. The Labute approximate surface area is 106 Å². The number of nitrogens with one attached hydrogen (secondary N) is 1. The van der Waals surface area contributed by atoms with E-state index in [0.717, 1.165) is 5.69 Å². The molecule has 1 N–H and O–H groups in total. The van der Waals surface area contributed by atoms with Gasteiger partial charge < -0.3 is 0 Å². The number of aromatic nitrogens is 4. The first-order chi connectivity index (χ1) is 8.74. The van der Waals surface area contributed by atoms with E-state index in [1.807, 2.05) is 18.4 Å². The Morgan fingerprint density at radius 3 is 3.06 bits per heavy atom. The molecule has 0 unspecified atom stereocenters. The number of nitrogens with zero attached hydrogens (tertiary/aromatic N) is 4. The second kappa shape index (κ2) is 4.19. The molecule has 90 valence electrons. The summed E-state index contributed by atoms with van der Waals surface area (Å²) in [5.41, 5.74) is 1.46. The Morgan fingerprint density at radius 1 is 1.39 bits per heavy atom. The lowest BCUT2D eigenvalue weighted by Gasteiger charge is -2.01. The number of amides is 1. The van der Waals surface area contributed by atoms with Gasteiger partial charge in [0.25, 0.3) is 11.7 Å². The minimum atomic E-state index is -0.203. The van der Waals surface area contributed by atoms with Crippen molar-refractivity contribution >= 4 is 29.0 Å². The van der Waals surface area contributed by atoms with Crippen LogP contribution in [0.25, 0.3) is 5.78 Å². The number of anilines is 1. The molecule has 3 rings (SSSR count). The third-order valence-corrected chi connectivity index (χ3v) is 3.11. The molecular weight excluding hydrogens is 250 g/mol. The fourth-order valence-corrected chi connectivity index (χ4v) is 2.16. The number of thiophene rings is 1. The lowest BCUT2D eigenvalue weighted by molar-refractivity contribution is 0.102. The van der Waals surface area contributed by atoms with Crippen molar-refractivity contribution in [3.05, 3.63) is 40.3 Å². The summed E-state index contributed by atoms with van der Waals surface area (Å²) < 4.78 is 1.64. The number of hydrogen-bond donors (Lipinski definition) is 1. The van der Waals surface area contributed by atoms with Gasteiger partial charge in [0.05, 0.1) is 5.56 Å². The van der Waals surface area contributed by atoms with E-state index in [2.05, 4.69) is 20.5 Å². The number of carbonyl (C=O) groups excluding carboxylic acids is 1. The van der Waals surface area contributed by atoms with Crippen LogP contribution in [-0.4, -0.2) is 25.5 Å². The van der Waals surface area contributed by atoms with Crippen LogP contribution < -0.4 is 5.32 Å². The van der Waals surface area contributed by atoms with Crippen molar-refractivity contribution in [1.29, 1.82) is 0 Å². The van der Waals surface area contributed by atoms with E-state index < -0.39 is 0 Å². The minimum Gasteiger partial charge on any atom is -0.290 e. The molecule has 7 heteroatoms. The normalized spacial score (nSPS) is 10.7. The van der Waals surface area contributed by atoms with Gasteiger partial charge in [-0.15, -0.1) is 10.2 Å². The van der Waals surface area contributed by atoms with Gasteiger partial charge in [0.2, 0.25) is 5.95 Å². The van der Waals surface area contributed by atoms with Gasteiger partial charge in [-0.1, -0.05) is 0 Å². The average Bonchev–Trinajstić information content (AvgIpc) is 2.98. The van der Waals surface area contributed by atoms with E-state index in [1.54, 1.807) is 22.0 Å². The van der Waals surface area contributed by atoms with E-state index in [9.17, 15) is 4.79 Å². The van der Waals surface area contributed by atoms with Crippen LogP contribution in [0, 0.1) is 6.92 Å². The van der Waals surface area contributed by atoms with E-state index in [1.165, 1.54) is 11.3 Å². The van der Waals surface area contributed by atoms with Gasteiger partial charge in [0.1, 0.15) is 0 Å². The number of hydrogen-bond acceptors (Lipinski definition) is 5. The minimum absolute atomic E-state index is 0.203. The van der Waals surface area contributed by atoms with E-state index in [0.29, 0.717) is 17.3 Å². The molecule has 0 radical (unpaired) electrons. The summed E-state index contributed by atoms with van der Waals surface area (Å²) in [6.45, 7) is 1.87. The Hall–Kier alpha value is -2.28. The molecule has 0 saturated carbocycles. The highest BCUT2D eigenvalue weighted by atomic mass is 32.1. The third kappa shape index (κ3) is 1.84. The fraction of sp³-hybridized carbons (Fsp3) is 0.0909. The van der Waals surface area contributed by atoms with Gasteiger partial charge in [0, 0.05) is 17.3 Å². The van der Waals surface area contributed by atoms with Crippen LogP contribution in [-0.2, 0) is 0 Å². The predicted molar refractivity (Wildman–Crippen MR) is 67.8 cm³/mol. The van der Waals surface area contributed by atoms with Crippen molar-refractivity contribution in [3.8, 4) is 0 Å². The maximum absolute atomic E-state index is 11.9. The van der Waals surface area contributed by atoms with Gasteiger partial charge in [-0.05, 0) is 24.4 Å². The Kier molecular flexibility index (Phi) is 2.52. The highest BCUT2D eigenvalue weighted by Gasteiger charge is 2.11. The maximum Gasteiger partial charge on any atom is 0.258 e. The first-order valence-electron chi connectivity index (χ1n) is 5.26. The second-order valence-electron chi connectivity index (χ2n) is 3.73. The van der Waals surface area contributed by atoms with Crippen molar-refractivity contribution in [1.82, 2.24) is 19.6 Å². The van der Waals surface area contributed by atoms with Crippen LogP contribution >= 0.6 is 11.3 Å². The zero-order valence-electron chi connectivity index (χ0n) is 9.49. The van der Waals surface area contributed by atoms with Crippen molar-refractivity contribution < 1.29 is 4.79 Å². The molecule has 0 aliphatic carbocycles. The number of carbonyl (C=O) groups is 1. The van der Waals surface area contributed by atoms with E-state index >= 15 is 0 Å². The van der Waals surface area contributed by atoms with Crippen LogP contribution in [0.4, 0.5) is 5.95 Å². The standard InChI is InChI=1S/C11H9N5OS/c1-7-2-4-16-10(12-7)14-15-11(16)13-9(17)8-3-5-18-6-8/h2-6H,1H3,(H,13,15,17). The van der Waals surface area contributed by atoms with Crippen LogP contribution in [0.5, 0.6) is 0 Å². The number of rotatable bonds is 2. The number of aryl methyl sites for hydroxylation is 1. The van der Waals surface area contributed by atoms with Gasteiger partial charge in [0.15, 0.2) is 0 Å². The Balaban J connectivity index is 1.94. The zero-order chi connectivity index (χ0) is 12.5. The highest BCUT2D eigenvalue weighted by molar-refractivity contribution is 7.08. The van der Waals surface area contributed by atoms with Crippen molar-refractivity contribution in [2.24, 2.45) is 0 Å². The van der Waals surface area contributed by atoms with Crippen molar-refractivity contribution in [3.63, 3.8) is 0 Å². The molecule has 0 spiro atoms. The van der Waals surface area contributed by atoms with E-state index in [-0.39, 0.29) is 5.91 Å². The van der Waals surface area contributed by atoms with Crippen LogP contribution in [0.15, 0.2) is 29.1 Å². The number of fused-ring (bicyclic) bond motifs is 1. The second-order valence-corrected chi connectivity index (χ2v) is 4.51. The van der Waals surface area contributed by atoms with Crippen molar-refractivity contribution in [2.75, 3.05) is 5.32 Å². The molecule has 0 aliphatic rings. The van der Waals surface area contributed by atoms with E-state index in [4.69, 9.17) is 0 Å². The van der Waals surface area contributed by atoms with Crippen LogP contribution in [0.3, 0.4) is 0 Å². The molecule has 0 fully saturated rings. The molecule has 0 aromatic carbocycles. The van der Waals surface area contributed by atoms with Gasteiger partial charge in [-0.3, -0.25) is 14.5 Å². The lowest BCUT2D eigenvalue weighted by atomic mass is 10.3. The molecule has 3 aromatic rings. The molecule has 18 heavy (non-hydrogen) atoms. The molecule has 3 heterocycles. The zero-order valence-corrected chi connectivity index (χ0v) is 10.3. The Bertz CT molecular complexity index is 703. The van der Waals surface area contributed by atoms with Gasteiger partial charge >= 0.3 is 0 Å². The molecule has 1 amide bonds. The SMILES string of the molecule is Cc1ccn2c(NC(=O)c3ccsc3)nnc2n1. The lowest BCUT2D eigenvalue weighted by Crippen LogP contribution is -2.13. The topological polar surface area (TPSA) is 72.2 Å². The van der Waals surface area contributed by atoms with Crippen molar-refractivity contribution in [2.45, 2.75) is 6.92 Å². The van der Waals surface area contributed by atoms with Gasteiger partial charge in [-0.2, -0.15) is 11.3 Å². The van der Waals surface area contributed by atoms with Crippen LogP contribution in [0.1, 0.15) is 16.1 Å². The average molecular weight is 259 g/mol. The summed E-state index contributed by atoms with van der Waals surface area (Å²) >= 11 is 1.47. The maximum atomic E-state index is 11.9. The summed E-state index contributed by atoms with van der Waals surface area (Å²) in [5, 5.41) is 14.1. The highest BCUT2D eigenvalue weighted by Crippen LogP contribution is 2.11. The summed E-state index contributed by atoms with van der Waals surface area (Å²) in [6.07, 6.45) is 1.78. The molecule has 0 bridgehead atoms. The van der Waals surface area contributed by atoms with Gasteiger partial charge in [-0.25, -0.2) is 4.98 Å². The fourth-order valence-electron chi connectivity index (χ4n) is 1.53. The predicted octanol–water partition coefficient (Wildman–Crippen LogP) is 1.75. The monoisotopic (exact) mass is 259 g/mol. The summed E-state index contributed by atoms with van der Waals surface area (Å²) in [4.78, 5) is 16.1.